The van der Waals surface area contributed by atoms with Crippen LogP contribution in [0.2, 0.25) is 5.02 Å². The molecule has 0 saturated heterocycles. The summed E-state index contributed by atoms with van der Waals surface area (Å²) in [5.74, 6) is -1.14. The molecule has 142 valence electrons. The standard InChI is InChI=1S/C20H20ClNO4S/c1-3-16-12-18(20(23)24)19(14-5-4-6-15(21)11-14)22(16)27(25,26)17-9-7-13(2)8-10-17/h4-12,16,19H,3H2,1-2H3,(H,23,24)/t16-,19+/m1/s1. The van der Waals surface area contributed by atoms with Crippen molar-refractivity contribution in [3.05, 3.63) is 76.3 Å². The molecule has 0 unspecified atom stereocenters. The SMILES string of the molecule is CC[C@@H]1C=C(C(=O)O)[C@H](c2cccc(Cl)c2)N1S(=O)(=O)c1ccc(C)cc1. The molecule has 0 amide bonds. The van der Waals surface area contributed by atoms with Gasteiger partial charge in [0.05, 0.1) is 16.5 Å². The predicted octanol–water partition coefficient (Wildman–Crippen LogP) is 4.18. The molecule has 7 heteroatoms. The Hall–Kier alpha value is -2.15. The third kappa shape index (κ3) is 3.65. The number of carboxylic acid groups (broad SMARTS) is 1. The van der Waals surface area contributed by atoms with Gasteiger partial charge in [0.1, 0.15) is 0 Å². The Bertz CT molecular complexity index is 999. The molecule has 3 rings (SSSR count). The summed E-state index contributed by atoms with van der Waals surface area (Å²) in [4.78, 5) is 12.0. The highest BCUT2D eigenvalue weighted by atomic mass is 35.5. The van der Waals surface area contributed by atoms with Crippen molar-refractivity contribution in [3.8, 4) is 0 Å². The summed E-state index contributed by atoms with van der Waals surface area (Å²) < 4.78 is 28.1. The number of aliphatic carboxylic acids is 1. The first-order chi connectivity index (χ1) is 12.8. The normalized spacial score (nSPS) is 20.5. The van der Waals surface area contributed by atoms with Crippen LogP contribution >= 0.6 is 11.6 Å². The quantitative estimate of drug-likeness (QED) is 0.809. The summed E-state index contributed by atoms with van der Waals surface area (Å²) in [5.41, 5.74) is 1.51. The molecule has 0 radical (unpaired) electrons. The monoisotopic (exact) mass is 405 g/mol. The second kappa shape index (κ2) is 7.46. The van der Waals surface area contributed by atoms with E-state index in [2.05, 4.69) is 0 Å². The molecule has 1 heterocycles. The average Bonchev–Trinajstić information content (AvgIpc) is 3.03. The molecule has 1 N–H and O–H groups in total. The number of carbonyl (C=O) groups is 1. The second-order valence-corrected chi connectivity index (χ2v) is 8.79. The minimum atomic E-state index is -3.92. The third-order valence-electron chi connectivity index (χ3n) is 4.67. The van der Waals surface area contributed by atoms with Crippen LogP contribution in [0.4, 0.5) is 0 Å². The van der Waals surface area contributed by atoms with E-state index >= 15 is 0 Å². The maximum atomic E-state index is 13.4. The Morgan fingerprint density at radius 1 is 1.19 bits per heavy atom. The minimum absolute atomic E-state index is 0.0415. The van der Waals surface area contributed by atoms with Crippen molar-refractivity contribution in [2.45, 2.75) is 37.2 Å². The Balaban J connectivity index is 2.18. The number of halogens is 1. The molecule has 0 bridgehead atoms. The van der Waals surface area contributed by atoms with Crippen LogP contribution < -0.4 is 0 Å². The lowest BCUT2D eigenvalue weighted by Crippen LogP contribution is -2.38. The van der Waals surface area contributed by atoms with Crippen molar-refractivity contribution in [1.29, 1.82) is 0 Å². The van der Waals surface area contributed by atoms with Gasteiger partial charge in [-0.25, -0.2) is 13.2 Å². The molecule has 2 aromatic rings. The van der Waals surface area contributed by atoms with Crippen molar-refractivity contribution in [2.24, 2.45) is 0 Å². The number of rotatable bonds is 5. The fourth-order valence-electron chi connectivity index (χ4n) is 3.34. The zero-order chi connectivity index (χ0) is 19.8. The van der Waals surface area contributed by atoms with E-state index in [1.165, 1.54) is 10.4 Å². The first-order valence-electron chi connectivity index (χ1n) is 8.56. The van der Waals surface area contributed by atoms with Gasteiger partial charge in [-0.3, -0.25) is 0 Å². The van der Waals surface area contributed by atoms with Gasteiger partial charge in [-0.15, -0.1) is 0 Å². The van der Waals surface area contributed by atoms with E-state index in [0.29, 0.717) is 17.0 Å². The fourth-order valence-corrected chi connectivity index (χ4v) is 5.34. The Labute approximate surface area is 163 Å². The Morgan fingerprint density at radius 2 is 1.85 bits per heavy atom. The van der Waals surface area contributed by atoms with E-state index in [4.69, 9.17) is 11.6 Å². The fraction of sp³-hybridized carbons (Fsp3) is 0.250. The van der Waals surface area contributed by atoms with Crippen molar-refractivity contribution in [1.82, 2.24) is 4.31 Å². The van der Waals surface area contributed by atoms with Gasteiger partial charge in [-0.05, 0) is 43.2 Å². The maximum Gasteiger partial charge on any atom is 0.333 e. The van der Waals surface area contributed by atoms with Crippen LogP contribution in [-0.2, 0) is 14.8 Å². The van der Waals surface area contributed by atoms with Gasteiger partial charge in [0.2, 0.25) is 10.0 Å². The van der Waals surface area contributed by atoms with Gasteiger partial charge in [-0.1, -0.05) is 54.4 Å². The molecular formula is C20H20ClNO4S. The summed E-state index contributed by atoms with van der Waals surface area (Å²) in [7, 11) is -3.92. The van der Waals surface area contributed by atoms with Crippen LogP contribution in [0.15, 0.2) is 65.1 Å². The van der Waals surface area contributed by atoms with E-state index in [-0.39, 0.29) is 10.5 Å². The van der Waals surface area contributed by atoms with Crippen molar-refractivity contribution in [3.63, 3.8) is 0 Å². The number of sulfonamides is 1. The number of hydrogen-bond donors (Lipinski definition) is 1. The van der Waals surface area contributed by atoms with Crippen molar-refractivity contribution in [2.75, 3.05) is 0 Å². The summed E-state index contributed by atoms with van der Waals surface area (Å²) >= 11 is 6.08. The van der Waals surface area contributed by atoms with Crippen molar-refractivity contribution < 1.29 is 18.3 Å². The number of carboxylic acids is 1. The first-order valence-corrected chi connectivity index (χ1v) is 10.4. The number of nitrogens with zero attached hydrogens (tertiary/aromatic N) is 1. The lowest BCUT2D eigenvalue weighted by molar-refractivity contribution is -0.133. The molecule has 27 heavy (non-hydrogen) atoms. The molecule has 0 saturated carbocycles. The number of benzene rings is 2. The minimum Gasteiger partial charge on any atom is -0.478 e. The zero-order valence-electron chi connectivity index (χ0n) is 15.0. The molecular weight excluding hydrogens is 386 g/mol. The lowest BCUT2D eigenvalue weighted by Gasteiger charge is -2.30. The summed E-state index contributed by atoms with van der Waals surface area (Å²) in [6, 6.07) is 11.7. The van der Waals surface area contributed by atoms with Gasteiger partial charge in [0.15, 0.2) is 0 Å². The largest absolute Gasteiger partial charge is 0.478 e. The van der Waals surface area contributed by atoms with Gasteiger partial charge in [-0.2, -0.15) is 4.31 Å². The molecule has 0 aromatic heterocycles. The first kappa shape index (κ1) is 19.6. The molecule has 0 spiro atoms. The van der Waals surface area contributed by atoms with E-state index in [9.17, 15) is 18.3 Å². The van der Waals surface area contributed by atoms with Crippen LogP contribution in [0.1, 0.15) is 30.5 Å². The summed E-state index contributed by atoms with van der Waals surface area (Å²) in [5, 5.41) is 10.1. The van der Waals surface area contributed by atoms with Crippen LogP contribution in [0.3, 0.4) is 0 Å². The molecule has 2 atom stereocenters. The van der Waals surface area contributed by atoms with Gasteiger partial charge in [0, 0.05) is 11.1 Å². The van der Waals surface area contributed by atoms with Crippen LogP contribution in [-0.4, -0.2) is 29.8 Å². The molecule has 0 fully saturated rings. The van der Waals surface area contributed by atoms with Crippen LogP contribution in [0.5, 0.6) is 0 Å². The van der Waals surface area contributed by atoms with E-state index in [0.717, 1.165) is 5.56 Å². The Morgan fingerprint density at radius 3 is 2.41 bits per heavy atom. The van der Waals surface area contributed by atoms with E-state index in [1.54, 1.807) is 48.5 Å². The average molecular weight is 406 g/mol. The number of hydrogen-bond acceptors (Lipinski definition) is 3. The van der Waals surface area contributed by atoms with Gasteiger partial charge < -0.3 is 5.11 Å². The lowest BCUT2D eigenvalue weighted by atomic mass is 10.0. The smallest absolute Gasteiger partial charge is 0.333 e. The Kier molecular flexibility index (Phi) is 5.42. The van der Waals surface area contributed by atoms with E-state index in [1.807, 2.05) is 13.8 Å². The molecule has 2 aromatic carbocycles. The third-order valence-corrected chi connectivity index (χ3v) is 6.81. The maximum absolute atomic E-state index is 13.4. The summed E-state index contributed by atoms with van der Waals surface area (Å²) in [6.45, 7) is 3.71. The van der Waals surface area contributed by atoms with Gasteiger partial charge >= 0.3 is 5.97 Å². The molecule has 1 aliphatic rings. The summed E-state index contributed by atoms with van der Waals surface area (Å²) in [6.07, 6.45) is 1.98. The van der Waals surface area contributed by atoms with Gasteiger partial charge in [0.25, 0.3) is 0 Å². The number of aryl methyl sites for hydroxylation is 1. The molecule has 0 aliphatic carbocycles. The highest BCUT2D eigenvalue weighted by molar-refractivity contribution is 7.89. The second-order valence-electron chi connectivity index (χ2n) is 6.51. The van der Waals surface area contributed by atoms with Crippen LogP contribution in [0.25, 0.3) is 0 Å². The van der Waals surface area contributed by atoms with Crippen LogP contribution in [0, 0.1) is 6.92 Å². The van der Waals surface area contributed by atoms with E-state index < -0.39 is 28.1 Å². The highest BCUT2D eigenvalue weighted by Gasteiger charge is 2.45. The predicted molar refractivity (Wildman–Crippen MR) is 104 cm³/mol. The highest BCUT2D eigenvalue weighted by Crippen LogP contribution is 2.42. The topological polar surface area (TPSA) is 74.7 Å². The van der Waals surface area contributed by atoms with Crippen molar-refractivity contribution >= 4 is 27.6 Å². The zero-order valence-corrected chi connectivity index (χ0v) is 16.5. The molecule has 5 nitrogen and oxygen atoms in total. The molecule has 1 aliphatic heterocycles.